The molecule has 0 amide bonds. The van der Waals surface area contributed by atoms with E-state index in [0.717, 1.165) is 0 Å². The molecule has 0 spiro atoms. The molecule has 0 heterocycles. The van der Waals surface area contributed by atoms with Crippen LogP contribution in [0.4, 0.5) is 0 Å². The molecule has 19 heavy (non-hydrogen) atoms. The molecule has 2 N–H and O–H groups in total. The van der Waals surface area contributed by atoms with Crippen molar-refractivity contribution in [2.75, 3.05) is 14.2 Å². The quantitative estimate of drug-likeness (QED) is 0.825. The molecule has 0 bridgehead atoms. The number of carboxylic acid groups (broad SMARTS) is 1. The molecular formula is C14H20O5. The van der Waals surface area contributed by atoms with Crippen molar-refractivity contribution in [3.63, 3.8) is 0 Å². The molecule has 5 heteroatoms. The highest BCUT2D eigenvalue weighted by Gasteiger charge is 2.38. The number of rotatable bonds is 6. The molecule has 1 unspecified atom stereocenters. The van der Waals surface area contributed by atoms with Gasteiger partial charge in [0.15, 0.2) is 0 Å². The van der Waals surface area contributed by atoms with Crippen LogP contribution in [-0.4, -0.2) is 30.4 Å². The molecule has 1 rings (SSSR count). The summed E-state index contributed by atoms with van der Waals surface area (Å²) in [6, 6.07) is 4.94. The summed E-state index contributed by atoms with van der Waals surface area (Å²) in [5.41, 5.74) is -1.03. The first-order chi connectivity index (χ1) is 8.85. The average Bonchev–Trinajstić information content (AvgIpc) is 2.36. The molecule has 1 atom stereocenters. The first-order valence-corrected chi connectivity index (χ1v) is 6.01. The molecular weight excluding hydrogens is 248 g/mol. The van der Waals surface area contributed by atoms with Gasteiger partial charge in [-0.25, -0.2) is 0 Å². The van der Waals surface area contributed by atoms with E-state index in [1.807, 2.05) is 0 Å². The summed E-state index contributed by atoms with van der Waals surface area (Å²) in [7, 11) is 3.00. The van der Waals surface area contributed by atoms with E-state index < -0.39 is 11.6 Å². The summed E-state index contributed by atoms with van der Waals surface area (Å²) in [6.07, 6.45) is -0.382. The first kappa shape index (κ1) is 15.3. The number of aliphatic hydroxyl groups is 1. The lowest BCUT2D eigenvalue weighted by Crippen LogP contribution is -2.35. The monoisotopic (exact) mass is 268 g/mol. The normalized spacial score (nSPS) is 14.0. The van der Waals surface area contributed by atoms with Crippen LogP contribution in [0.1, 0.15) is 25.8 Å². The van der Waals surface area contributed by atoms with Crippen molar-refractivity contribution in [2.45, 2.75) is 25.9 Å². The van der Waals surface area contributed by atoms with Crippen molar-refractivity contribution in [2.24, 2.45) is 5.92 Å². The van der Waals surface area contributed by atoms with E-state index in [1.165, 1.54) is 14.2 Å². The predicted molar refractivity (Wildman–Crippen MR) is 70.5 cm³/mol. The number of carboxylic acids is 1. The maximum atomic E-state index is 11.0. The highest BCUT2D eigenvalue weighted by Crippen LogP contribution is 2.40. The van der Waals surface area contributed by atoms with Gasteiger partial charge < -0.3 is 19.7 Å². The Bertz CT molecular complexity index is 455. The van der Waals surface area contributed by atoms with Crippen molar-refractivity contribution < 1.29 is 24.5 Å². The van der Waals surface area contributed by atoms with Crippen LogP contribution in [0, 0.1) is 5.92 Å². The zero-order valence-corrected chi connectivity index (χ0v) is 11.6. The summed E-state index contributed by atoms with van der Waals surface area (Å²) >= 11 is 0. The lowest BCUT2D eigenvalue weighted by atomic mass is 9.80. The van der Waals surface area contributed by atoms with Crippen LogP contribution in [0.3, 0.4) is 0 Å². The first-order valence-electron chi connectivity index (χ1n) is 6.01. The molecule has 0 aliphatic carbocycles. The van der Waals surface area contributed by atoms with E-state index in [2.05, 4.69) is 0 Å². The Labute approximate surface area is 112 Å². The summed E-state index contributed by atoms with van der Waals surface area (Å²) in [6.45, 7) is 3.54. The number of hydrogen-bond acceptors (Lipinski definition) is 4. The Kier molecular flexibility index (Phi) is 4.78. The van der Waals surface area contributed by atoms with E-state index in [-0.39, 0.29) is 12.3 Å². The predicted octanol–water partition coefficient (Wildman–Crippen LogP) is 2.02. The lowest BCUT2D eigenvalue weighted by Gasteiger charge is -2.32. The Hall–Kier alpha value is -1.75. The Morgan fingerprint density at radius 1 is 1.32 bits per heavy atom. The molecule has 0 saturated carbocycles. The number of benzene rings is 1. The number of methoxy groups -OCH3 is 2. The van der Waals surface area contributed by atoms with Crippen LogP contribution in [0.25, 0.3) is 0 Å². The number of ether oxygens (including phenoxy) is 2. The van der Waals surface area contributed by atoms with Crippen molar-refractivity contribution >= 4 is 5.97 Å². The summed E-state index contributed by atoms with van der Waals surface area (Å²) in [5.74, 6) is -0.334. The van der Waals surface area contributed by atoms with Crippen LogP contribution in [0.2, 0.25) is 0 Å². The zero-order valence-electron chi connectivity index (χ0n) is 11.6. The SMILES string of the molecule is COc1ccc(C(O)(CC(=O)O)C(C)C)c(OC)c1. The van der Waals surface area contributed by atoms with E-state index in [1.54, 1.807) is 32.0 Å². The molecule has 0 aromatic heterocycles. The fraction of sp³-hybridized carbons (Fsp3) is 0.500. The van der Waals surface area contributed by atoms with Crippen LogP contribution in [0.5, 0.6) is 11.5 Å². The van der Waals surface area contributed by atoms with Gasteiger partial charge in [0.25, 0.3) is 0 Å². The highest BCUT2D eigenvalue weighted by molar-refractivity contribution is 5.69. The van der Waals surface area contributed by atoms with Gasteiger partial charge in [-0.15, -0.1) is 0 Å². The largest absolute Gasteiger partial charge is 0.497 e. The van der Waals surface area contributed by atoms with Gasteiger partial charge in [-0.1, -0.05) is 13.8 Å². The highest BCUT2D eigenvalue weighted by atomic mass is 16.5. The second kappa shape index (κ2) is 5.93. The maximum Gasteiger partial charge on any atom is 0.306 e. The maximum absolute atomic E-state index is 11.0. The summed E-state index contributed by atoms with van der Waals surface area (Å²) in [5, 5.41) is 19.7. The molecule has 1 aromatic carbocycles. The molecule has 0 radical (unpaired) electrons. The number of aliphatic carboxylic acids is 1. The standard InChI is InChI=1S/C14H20O5/c1-9(2)14(17,8-13(15)16)11-6-5-10(18-3)7-12(11)19-4/h5-7,9,17H,8H2,1-4H3,(H,15,16). The lowest BCUT2D eigenvalue weighted by molar-refractivity contribution is -0.145. The van der Waals surface area contributed by atoms with Crippen molar-refractivity contribution in [1.29, 1.82) is 0 Å². The van der Waals surface area contributed by atoms with Crippen LogP contribution >= 0.6 is 0 Å². The molecule has 0 aliphatic heterocycles. The van der Waals surface area contributed by atoms with Gasteiger partial charge in [0, 0.05) is 11.6 Å². The van der Waals surface area contributed by atoms with Crippen LogP contribution < -0.4 is 9.47 Å². The van der Waals surface area contributed by atoms with Crippen molar-refractivity contribution in [3.8, 4) is 11.5 Å². The Balaban J connectivity index is 3.33. The third kappa shape index (κ3) is 3.17. The second-order valence-corrected chi connectivity index (χ2v) is 4.72. The molecule has 1 aromatic rings. The van der Waals surface area contributed by atoms with E-state index in [0.29, 0.717) is 17.1 Å². The van der Waals surface area contributed by atoms with Crippen LogP contribution in [-0.2, 0) is 10.4 Å². The zero-order chi connectivity index (χ0) is 14.6. The van der Waals surface area contributed by atoms with Gasteiger partial charge >= 0.3 is 5.97 Å². The third-order valence-corrected chi connectivity index (χ3v) is 3.25. The molecule has 5 nitrogen and oxygen atoms in total. The average molecular weight is 268 g/mol. The molecule has 106 valence electrons. The minimum absolute atomic E-state index is 0.272. The number of carbonyl (C=O) groups is 1. The summed E-state index contributed by atoms with van der Waals surface area (Å²) in [4.78, 5) is 11.0. The summed E-state index contributed by atoms with van der Waals surface area (Å²) < 4.78 is 10.3. The molecule has 0 fully saturated rings. The minimum atomic E-state index is -1.48. The fourth-order valence-corrected chi connectivity index (χ4v) is 2.00. The van der Waals surface area contributed by atoms with E-state index >= 15 is 0 Å². The van der Waals surface area contributed by atoms with Crippen molar-refractivity contribution in [3.05, 3.63) is 23.8 Å². The van der Waals surface area contributed by atoms with Gasteiger partial charge in [-0.3, -0.25) is 4.79 Å². The van der Waals surface area contributed by atoms with Gasteiger partial charge in [-0.05, 0) is 18.1 Å². The third-order valence-electron chi connectivity index (χ3n) is 3.25. The van der Waals surface area contributed by atoms with Gasteiger partial charge in [-0.2, -0.15) is 0 Å². The van der Waals surface area contributed by atoms with Gasteiger partial charge in [0.05, 0.1) is 20.6 Å². The fourth-order valence-electron chi connectivity index (χ4n) is 2.00. The molecule has 0 aliphatic rings. The van der Waals surface area contributed by atoms with E-state index in [9.17, 15) is 9.90 Å². The Morgan fingerprint density at radius 3 is 2.37 bits per heavy atom. The van der Waals surface area contributed by atoms with Crippen molar-refractivity contribution in [1.82, 2.24) is 0 Å². The second-order valence-electron chi connectivity index (χ2n) is 4.72. The Morgan fingerprint density at radius 2 is 1.95 bits per heavy atom. The number of hydrogen-bond donors (Lipinski definition) is 2. The van der Waals surface area contributed by atoms with Gasteiger partial charge in [0.1, 0.15) is 17.1 Å². The van der Waals surface area contributed by atoms with Crippen LogP contribution in [0.15, 0.2) is 18.2 Å². The van der Waals surface area contributed by atoms with Gasteiger partial charge in [0.2, 0.25) is 0 Å². The van der Waals surface area contributed by atoms with E-state index in [4.69, 9.17) is 14.6 Å². The smallest absolute Gasteiger partial charge is 0.306 e. The minimum Gasteiger partial charge on any atom is -0.497 e. The molecule has 0 saturated heterocycles. The topological polar surface area (TPSA) is 76.0 Å².